The monoisotopic (exact) mass is 366 g/mol. The van der Waals surface area contributed by atoms with Gasteiger partial charge in [-0.15, -0.1) is 0 Å². The lowest BCUT2D eigenvalue weighted by atomic mass is 9.99. The summed E-state index contributed by atoms with van der Waals surface area (Å²) in [6, 6.07) is 4.80. The Morgan fingerprint density at radius 1 is 1.27 bits per heavy atom. The Labute approximate surface area is 150 Å². The van der Waals surface area contributed by atoms with Gasteiger partial charge >= 0.3 is 5.97 Å². The van der Waals surface area contributed by atoms with Crippen LogP contribution in [0, 0.1) is 0 Å². The molecule has 0 unspecified atom stereocenters. The highest BCUT2D eigenvalue weighted by atomic mass is 16.7. The predicted octanol–water partition coefficient (Wildman–Crippen LogP) is -0.477. The van der Waals surface area contributed by atoms with Crippen LogP contribution in [0.25, 0.3) is 0 Å². The molecule has 2 heterocycles. The molecule has 1 aromatic carbocycles. The van der Waals surface area contributed by atoms with Gasteiger partial charge < -0.3 is 34.6 Å². The van der Waals surface area contributed by atoms with E-state index >= 15 is 0 Å². The Kier molecular flexibility index (Phi) is 5.31. The normalized spacial score (nSPS) is 33.3. The van der Waals surface area contributed by atoms with Crippen LogP contribution in [0.5, 0.6) is 5.75 Å². The highest BCUT2D eigenvalue weighted by Gasteiger charge is 2.45. The molecule has 3 rings (SSSR count). The molecular formula is C18H22O8. The number of carbonyl (C=O) groups excluding carboxylic acids is 1. The topological polar surface area (TPSA) is 126 Å². The van der Waals surface area contributed by atoms with Gasteiger partial charge in [0.1, 0.15) is 36.3 Å². The van der Waals surface area contributed by atoms with Gasteiger partial charge in [0, 0.05) is 6.42 Å². The van der Waals surface area contributed by atoms with Gasteiger partial charge in [0.25, 0.3) is 0 Å². The van der Waals surface area contributed by atoms with Crippen LogP contribution in [0.4, 0.5) is 0 Å². The van der Waals surface area contributed by atoms with E-state index in [0.29, 0.717) is 12.2 Å². The molecule has 26 heavy (non-hydrogen) atoms. The number of ether oxygens (including phenoxy) is 3. The summed E-state index contributed by atoms with van der Waals surface area (Å²) in [5, 5.41) is 38.6. The highest BCUT2D eigenvalue weighted by molar-refractivity contribution is 5.90. The Bertz CT molecular complexity index is 700. The van der Waals surface area contributed by atoms with E-state index < -0.39 is 43.3 Å². The molecule has 8 nitrogen and oxygen atoms in total. The molecule has 0 aromatic heterocycles. The Hall–Kier alpha value is -1.97. The van der Waals surface area contributed by atoms with E-state index in [2.05, 4.69) is 6.58 Å². The first-order valence-electron chi connectivity index (χ1n) is 8.28. The third kappa shape index (κ3) is 3.46. The first-order valence-corrected chi connectivity index (χ1v) is 8.28. The maximum Gasteiger partial charge on any atom is 0.340 e. The number of benzene rings is 1. The number of hydrogen-bond donors (Lipinski definition) is 4. The zero-order valence-electron chi connectivity index (χ0n) is 14.2. The number of carbonyl (C=O) groups is 1. The summed E-state index contributed by atoms with van der Waals surface area (Å²) in [7, 11) is 0. The summed E-state index contributed by atoms with van der Waals surface area (Å²) in [5.74, 6) is -0.0988. The summed E-state index contributed by atoms with van der Waals surface area (Å²) in [6.07, 6.45) is -6.96. The molecule has 2 aliphatic rings. The fraction of sp³-hybridized carbons (Fsp3) is 0.500. The lowest BCUT2D eigenvalue weighted by Gasteiger charge is -2.39. The Balaban J connectivity index is 1.71. The third-order valence-electron chi connectivity index (χ3n) is 4.59. The fourth-order valence-electron chi connectivity index (χ4n) is 2.99. The Morgan fingerprint density at radius 2 is 2.00 bits per heavy atom. The zero-order chi connectivity index (χ0) is 19.0. The maximum absolute atomic E-state index is 12.4. The molecule has 0 saturated carbocycles. The van der Waals surface area contributed by atoms with Gasteiger partial charge in [0.15, 0.2) is 0 Å². The van der Waals surface area contributed by atoms with Crippen LogP contribution in [0.2, 0.25) is 0 Å². The number of aliphatic hydroxyl groups is 4. The molecule has 8 heteroatoms. The van der Waals surface area contributed by atoms with Crippen molar-refractivity contribution in [2.45, 2.75) is 50.2 Å². The minimum absolute atomic E-state index is 0.137. The second kappa shape index (κ2) is 7.34. The van der Waals surface area contributed by atoms with Gasteiger partial charge in [0.05, 0.1) is 12.2 Å². The molecule has 4 N–H and O–H groups in total. The molecule has 0 bridgehead atoms. The SMILES string of the molecule is C=C(C)[C@H]1Cc2cc(C(=O)O[C@H]3O[C@@H](CO)[C@H](O)[C@@H](O)[C@@H]3O)ccc2O1. The van der Waals surface area contributed by atoms with E-state index in [1.807, 2.05) is 6.92 Å². The minimum Gasteiger partial charge on any atom is -0.485 e. The summed E-state index contributed by atoms with van der Waals surface area (Å²) >= 11 is 0. The highest BCUT2D eigenvalue weighted by Crippen LogP contribution is 2.32. The van der Waals surface area contributed by atoms with E-state index in [1.54, 1.807) is 12.1 Å². The standard InChI is InChI=1S/C18H22O8/c1-8(2)12-6-10-5-9(3-4-11(10)24-12)17(23)26-18-16(22)15(21)14(20)13(7-19)25-18/h3-5,12-16,18-22H,1,6-7H2,2H3/t12-,13+,14+,15-,16+,18-/m1/s1. The fourth-order valence-corrected chi connectivity index (χ4v) is 2.99. The first-order chi connectivity index (χ1) is 12.3. The number of rotatable bonds is 4. The van der Waals surface area contributed by atoms with Crippen molar-refractivity contribution in [3.8, 4) is 5.75 Å². The molecule has 142 valence electrons. The average Bonchev–Trinajstić information content (AvgIpc) is 3.05. The minimum atomic E-state index is -1.64. The van der Waals surface area contributed by atoms with E-state index in [-0.39, 0.29) is 11.7 Å². The van der Waals surface area contributed by atoms with Crippen molar-refractivity contribution < 1.29 is 39.4 Å². The average molecular weight is 366 g/mol. The lowest BCUT2D eigenvalue weighted by Crippen LogP contribution is -2.59. The second-order valence-corrected chi connectivity index (χ2v) is 6.58. The summed E-state index contributed by atoms with van der Waals surface area (Å²) in [6.45, 7) is 5.13. The molecular weight excluding hydrogens is 344 g/mol. The van der Waals surface area contributed by atoms with Gasteiger partial charge in [-0.05, 0) is 36.3 Å². The van der Waals surface area contributed by atoms with Gasteiger partial charge in [-0.3, -0.25) is 0 Å². The number of fused-ring (bicyclic) bond motifs is 1. The molecule has 0 radical (unpaired) electrons. The van der Waals surface area contributed by atoms with Crippen molar-refractivity contribution in [1.29, 1.82) is 0 Å². The zero-order valence-corrected chi connectivity index (χ0v) is 14.2. The molecule has 0 amide bonds. The maximum atomic E-state index is 12.4. The molecule has 6 atom stereocenters. The van der Waals surface area contributed by atoms with Crippen molar-refractivity contribution in [3.63, 3.8) is 0 Å². The molecule has 1 fully saturated rings. The van der Waals surface area contributed by atoms with Gasteiger partial charge in [-0.25, -0.2) is 4.79 Å². The number of esters is 1. The van der Waals surface area contributed by atoms with E-state index in [0.717, 1.165) is 11.1 Å². The molecule has 2 aliphatic heterocycles. The van der Waals surface area contributed by atoms with Crippen LogP contribution < -0.4 is 4.74 Å². The summed E-state index contributed by atoms with van der Waals surface area (Å²) < 4.78 is 16.0. The van der Waals surface area contributed by atoms with Gasteiger partial charge in [-0.1, -0.05) is 6.58 Å². The molecule has 1 saturated heterocycles. The van der Waals surface area contributed by atoms with Crippen molar-refractivity contribution in [2.24, 2.45) is 0 Å². The van der Waals surface area contributed by atoms with Crippen molar-refractivity contribution in [3.05, 3.63) is 41.5 Å². The molecule has 0 spiro atoms. The lowest BCUT2D eigenvalue weighted by molar-refractivity contribution is -0.285. The van der Waals surface area contributed by atoms with Crippen LogP contribution in [-0.2, 0) is 15.9 Å². The largest absolute Gasteiger partial charge is 0.485 e. The van der Waals surface area contributed by atoms with E-state index in [9.17, 15) is 25.2 Å². The van der Waals surface area contributed by atoms with Crippen LogP contribution in [0.3, 0.4) is 0 Å². The van der Waals surface area contributed by atoms with Crippen molar-refractivity contribution in [1.82, 2.24) is 0 Å². The number of aliphatic hydroxyl groups excluding tert-OH is 4. The van der Waals surface area contributed by atoms with Crippen LogP contribution in [0.15, 0.2) is 30.4 Å². The third-order valence-corrected chi connectivity index (χ3v) is 4.59. The Morgan fingerprint density at radius 3 is 2.65 bits per heavy atom. The predicted molar refractivity (Wildman–Crippen MR) is 88.6 cm³/mol. The van der Waals surface area contributed by atoms with Crippen LogP contribution in [-0.4, -0.2) is 69.8 Å². The smallest absolute Gasteiger partial charge is 0.340 e. The van der Waals surface area contributed by atoms with Crippen molar-refractivity contribution in [2.75, 3.05) is 6.61 Å². The second-order valence-electron chi connectivity index (χ2n) is 6.58. The van der Waals surface area contributed by atoms with Crippen LogP contribution >= 0.6 is 0 Å². The van der Waals surface area contributed by atoms with Crippen LogP contribution in [0.1, 0.15) is 22.8 Å². The summed E-state index contributed by atoms with van der Waals surface area (Å²) in [4.78, 5) is 12.4. The number of hydrogen-bond acceptors (Lipinski definition) is 8. The molecule has 0 aliphatic carbocycles. The van der Waals surface area contributed by atoms with E-state index in [4.69, 9.17) is 14.2 Å². The van der Waals surface area contributed by atoms with Gasteiger partial charge in [-0.2, -0.15) is 0 Å². The van der Waals surface area contributed by atoms with Gasteiger partial charge in [0.2, 0.25) is 6.29 Å². The first kappa shape index (κ1) is 18.8. The summed E-state index contributed by atoms with van der Waals surface area (Å²) in [5.41, 5.74) is 1.94. The van der Waals surface area contributed by atoms with E-state index in [1.165, 1.54) is 6.07 Å². The molecule has 1 aromatic rings. The quantitative estimate of drug-likeness (QED) is 0.416. The van der Waals surface area contributed by atoms with Crippen molar-refractivity contribution >= 4 is 5.97 Å².